The van der Waals surface area contributed by atoms with Crippen LogP contribution in [0, 0.1) is 5.92 Å². The lowest BCUT2D eigenvalue weighted by molar-refractivity contribution is -0.438. The molecule has 0 rings (SSSR count). The van der Waals surface area contributed by atoms with E-state index in [2.05, 4.69) is 9.47 Å². The molecule has 0 aliphatic carbocycles. The fourth-order valence-electron chi connectivity index (χ4n) is 1.32. The molecule has 1 N–H and O–H groups in total. The van der Waals surface area contributed by atoms with Crippen molar-refractivity contribution in [3.8, 4) is 0 Å². The number of rotatable bonds is 8. The third kappa shape index (κ3) is 6.56. The van der Waals surface area contributed by atoms with Crippen LogP contribution in [0.15, 0.2) is 0 Å². The van der Waals surface area contributed by atoms with Gasteiger partial charge >= 0.3 is 18.3 Å². The Balaban J connectivity index is 4.65. The van der Waals surface area contributed by atoms with Gasteiger partial charge in [0.15, 0.2) is 0 Å². The van der Waals surface area contributed by atoms with Crippen LogP contribution in [0.25, 0.3) is 0 Å². The van der Waals surface area contributed by atoms with E-state index in [4.69, 9.17) is 0 Å². The Labute approximate surface area is 119 Å². The molecular weight excluding hydrogens is 303 g/mol. The first-order chi connectivity index (χ1) is 9.34. The average Bonchev–Trinajstić information content (AvgIpc) is 2.26. The van der Waals surface area contributed by atoms with E-state index in [1.807, 2.05) is 0 Å². The zero-order valence-electron chi connectivity index (χ0n) is 12.0. The topological polar surface area (TPSA) is 55.8 Å². The third-order valence-electron chi connectivity index (χ3n) is 2.46. The number of halogens is 5. The van der Waals surface area contributed by atoms with Crippen molar-refractivity contribution < 1.29 is 41.3 Å². The second kappa shape index (κ2) is 7.35. The Morgan fingerprint density at radius 2 is 1.67 bits per heavy atom. The number of hydrogen-bond donors (Lipinski definition) is 1. The summed E-state index contributed by atoms with van der Waals surface area (Å²) in [7, 11) is 0. The van der Waals surface area contributed by atoms with Gasteiger partial charge in [0.25, 0.3) is 5.79 Å². The molecule has 1 unspecified atom stereocenters. The Hall–Kier alpha value is -0.960. The first kappa shape index (κ1) is 20.0. The lowest BCUT2D eigenvalue weighted by Gasteiger charge is -2.33. The Kier molecular flexibility index (Phi) is 7.01. The van der Waals surface area contributed by atoms with E-state index in [1.165, 1.54) is 20.8 Å². The number of aliphatic hydroxyl groups is 1. The van der Waals surface area contributed by atoms with Crippen LogP contribution in [0.5, 0.6) is 0 Å². The van der Waals surface area contributed by atoms with E-state index in [0.29, 0.717) is 0 Å². The van der Waals surface area contributed by atoms with Gasteiger partial charge in [0, 0.05) is 6.42 Å². The highest BCUT2D eigenvalue weighted by Crippen LogP contribution is 2.40. The Bertz CT molecular complexity index is 343. The average molecular weight is 322 g/mol. The van der Waals surface area contributed by atoms with Crippen molar-refractivity contribution >= 4 is 5.97 Å². The van der Waals surface area contributed by atoms with Crippen LogP contribution >= 0.6 is 0 Å². The molecule has 0 aromatic rings. The van der Waals surface area contributed by atoms with Crippen LogP contribution in [-0.4, -0.2) is 35.8 Å². The van der Waals surface area contributed by atoms with Crippen molar-refractivity contribution in [1.82, 2.24) is 0 Å². The molecule has 0 bridgehead atoms. The molecule has 21 heavy (non-hydrogen) atoms. The van der Waals surface area contributed by atoms with Crippen molar-refractivity contribution in [2.24, 2.45) is 5.92 Å². The van der Waals surface area contributed by atoms with Gasteiger partial charge in [-0.1, -0.05) is 27.2 Å². The fourth-order valence-corrected chi connectivity index (χ4v) is 1.32. The third-order valence-corrected chi connectivity index (χ3v) is 2.46. The first-order valence-corrected chi connectivity index (χ1v) is 6.38. The number of hydrogen-bond acceptors (Lipinski definition) is 4. The van der Waals surface area contributed by atoms with Gasteiger partial charge in [0.1, 0.15) is 0 Å². The van der Waals surface area contributed by atoms with Crippen LogP contribution in [0.4, 0.5) is 22.0 Å². The minimum absolute atomic E-state index is 0.214. The summed E-state index contributed by atoms with van der Waals surface area (Å²) in [5.74, 6) is -5.25. The molecular formula is C12H19F5O4. The van der Waals surface area contributed by atoms with Crippen LogP contribution in [0.3, 0.4) is 0 Å². The van der Waals surface area contributed by atoms with E-state index in [0.717, 1.165) is 0 Å². The van der Waals surface area contributed by atoms with Crippen molar-refractivity contribution in [2.45, 2.75) is 58.1 Å². The molecule has 126 valence electrons. The molecule has 1 atom stereocenters. The maximum atomic E-state index is 13.4. The molecule has 0 saturated carbocycles. The van der Waals surface area contributed by atoms with Gasteiger partial charge in [-0.15, -0.1) is 0 Å². The minimum Gasteiger partial charge on any atom is -0.465 e. The maximum absolute atomic E-state index is 13.4. The molecule has 9 heteroatoms. The zero-order chi connectivity index (χ0) is 16.9. The molecule has 0 amide bonds. The molecule has 0 heterocycles. The van der Waals surface area contributed by atoms with E-state index < -0.39 is 49.4 Å². The van der Waals surface area contributed by atoms with Crippen molar-refractivity contribution in [1.29, 1.82) is 0 Å². The van der Waals surface area contributed by atoms with E-state index in [9.17, 15) is 31.9 Å². The second-order valence-electron chi connectivity index (χ2n) is 4.84. The number of carbonyl (C=O) groups is 1. The summed E-state index contributed by atoms with van der Waals surface area (Å²) >= 11 is 0. The predicted molar refractivity (Wildman–Crippen MR) is 62.4 cm³/mol. The van der Waals surface area contributed by atoms with Gasteiger partial charge in [0.05, 0.1) is 18.9 Å². The number of alkyl halides is 5. The van der Waals surface area contributed by atoms with Crippen LogP contribution in [-0.2, 0) is 14.3 Å². The van der Waals surface area contributed by atoms with E-state index in [-0.39, 0.29) is 6.42 Å². The summed E-state index contributed by atoms with van der Waals surface area (Å²) in [6.45, 7) is 3.41. The summed E-state index contributed by atoms with van der Waals surface area (Å²) in [6.07, 6.45) is -12.2. The lowest BCUT2D eigenvalue weighted by Crippen LogP contribution is -2.51. The summed E-state index contributed by atoms with van der Waals surface area (Å²) in [4.78, 5) is 11.0. The highest BCUT2D eigenvalue weighted by Gasteiger charge is 2.59. The van der Waals surface area contributed by atoms with Gasteiger partial charge in [-0.05, 0) is 0 Å². The molecule has 0 spiro atoms. The number of carbonyl (C=O) groups excluding carboxylic acids is 1. The Morgan fingerprint density at radius 1 is 1.14 bits per heavy atom. The van der Waals surface area contributed by atoms with Gasteiger partial charge in [-0.3, -0.25) is 9.53 Å². The summed E-state index contributed by atoms with van der Waals surface area (Å²) < 4.78 is 72.5. The highest BCUT2D eigenvalue weighted by molar-refractivity contribution is 5.71. The smallest absolute Gasteiger partial charge is 0.443 e. The summed E-state index contributed by atoms with van der Waals surface area (Å²) in [6, 6.07) is 0. The molecule has 0 aromatic heterocycles. The summed E-state index contributed by atoms with van der Waals surface area (Å²) in [5, 5.41) is 9.25. The molecule has 0 saturated heterocycles. The first-order valence-electron chi connectivity index (χ1n) is 6.38. The second-order valence-corrected chi connectivity index (χ2v) is 4.84. The van der Waals surface area contributed by atoms with Crippen LogP contribution in [0.1, 0.15) is 40.0 Å². The van der Waals surface area contributed by atoms with Gasteiger partial charge in [0.2, 0.25) is 0 Å². The summed E-state index contributed by atoms with van der Waals surface area (Å²) in [5.41, 5.74) is 0. The Morgan fingerprint density at radius 3 is 2.05 bits per heavy atom. The van der Waals surface area contributed by atoms with Crippen molar-refractivity contribution in [2.75, 3.05) is 6.61 Å². The monoisotopic (exact) mass is 322 g/mol. The predicted octanol–water partition coefficient (Wildman–Crippen LogP) is 3.24. The normalized spacial score (nSPS) is 15.9. The molecule has 4 nitrogen and oxygen atoms in total. The standard InChI is InChI=1S/C12H19F5O4/c1-4-5-10(19,12(15,16)17)21-11(13,14)6-7-20-9(18)8(2)3/h8,19H,4-7H2,1-3H3. The number of ether oxygens (including phenoxy) is 2. The van der Waals surface area contributed by atoms with Crippen molar-refractivity contribution in [3.63, 3.8) is 0 Å². The van der Waals surface area contributed by atoms with Crippen molar-refractivity contribution in [3.05, 3.63) is 0 Å². The quantitative estimate of drug-likeness (QED) is 0.423. The van der Waals surface area contributed by atoms with Gasteiger partial charge in [-0.2, -0.15) is 22.0 Å². The van der Waals surface area contributed by atoms with E-state index in [1.54, 1.807) is 0 Å². The maximum Gasteiger partial charge on any atom is 0.443 e. The van der Waals surface area contributed by atoms with Gasteiger partial charge < -0.3 is 9.84 Å². The highest BCUT2D eigenvalue weighted by atomic mass is 19.4. The molecule has 0 aromatic carbocycles. The largest absolute Gasteiger partial charge is 0.465 e. The zero-order valence-corrected chi connectivity index (χ0v) is 12.0. The number of esters is 1. The van der Waals surface area contributed by atoms with Crippen LogP contribution in [0.2, 0.25) is 0 Å². The molecule has 0 aliphatic heterocycles. The lowest BCUT2D eigenvalue weighted by atomic mass is 10.1. The molecule has 0 radical (unpaired) electrons. The minimum atomic E-state index is -5.36. The van der Waals surface area contributed by atoms with Gasteiger partial charge in [-0.25, -0.2) is 0 Å². The molecule has 0 aliphatic rings. The van der Waals surface area contributed by atoms with E-state index >= 15 is 0 Å². The SMILES string of the molecule is CCCC(O)(OC(F)(F)CCOC(=O)C(C)C)C(F)(F)F. The molecule has 0 fully saturated rings. The fraction of sp³-hybridized carbons (Fsp3) is 0.917. The van der Waals surface area contributed by atoms with Crippen LogP contribution < -0.4 is 0 Å².